The SMILES string of the molecule is CCc1cccc(C)c1NC(=O)CCCN(c1ccc2c(c1)OCO2)S(C)(=O)=O. The quantitative estimate of drug-likeness (QED) is 0.710. The molecule has 0 fully saturated rings. The van der Waals surface area contributed by atoms with Crippen molar-refractivity contribution in [3.63, 3.8) is 0 Å². The number of anilines is 2. The maximum absolute atomic E-state index is 12.4. The van der Waals surface area contributed by atoms with Gasteiger partial charge in [0, 0.05) is 24.7 Å². The Morgan fingerprint density at radius 1 is 1.17 bits per heavy atom. The van der Waals surface area contributed by atoms with Gasteiger partial charge in [-0.3, -0.25) is 9.10 Å². The molecular formula is C21H26N2O5S. The Balaban J connectivity index is 1.65. The van der Waals surface area contributed by atoms with Crippen LogP contribution in [0.2, 0.25) is 0 Å². The van der Waals surface area contributed by atoms with Crippen LogP contribution in [0.15, 0.2) is 36.4 Å². The van der Waals surface area contributed by atoms with Gasteiger partial charge in [0.25, 0.3) is 0 Å². The normalized spacial score (nSPS) is 12.7. The van der Waals surface area contributed by atoms with Crippen molar-refractivity contribution >= 4 is 27.3 Å². The summed E-state index contributed by atoms with van der Waals surface area (Å²) < 4.78 is 36.5. The molecule has 3 rings (SSSR count). The smallest absolute Gasteiger partial charge is 0.232 e. The monoisotopic (exact) mass is 418 g/mol. The molecule has 0 aromatic heterocycles. The van der Waals surface area contributed by atoms with Gasteiger partial charge in [-0.25, -0.2) is 8.42 Å². The minimum atomic E-state index is -3.50. The Morgan fingerprint density at radius 3 is 2.66 bits per heavy atom. The first kappa shape index (κ1) is 21.0. The lowest BCUT2D eigenvalue weighted by molar-refractivity contribution is -0.116. The second-order valence-corrected chi connectivity index (χ2v) is 8.89. The van der Waals surface area contributed by atoms with Crippen LogP contribution in [0.25, 0.3) is 0 Å². The maximum Gasteiger partial charge on any atom is 0.232 e. The van der Waals surface area contributed by atoms with E-state index in [4.69, 9.17) is 9.47 Å². The molecule has 2 aromatic rings. The lowest BCUT2D eigenvalue weighted by Gasteiger charge is -2.22. The van der Waals surface area contributed by atoms with Gasteiger partial charge >= 0.3 is 0 Å². The van der Waals surface area contributed by atoms with E-state index in [1.54, 1.807) is 18.2 Å². The van der Waals surface area contributed by atoms with E-state index in [0.717, 1.165) is 29.5 Å². The predicted molar refractivity (Wildman–Crippen MR) is 113 cm³/mol. The minimum Gasteiger partial charge on any atom is -0.454 e. The number of carbonyl (C=O) groups excluding carboxylic acids is 1. The first-order chi connectivity index (χ1) is 13.8. The molecule has 0 bridgehead atoms. The highest BCUT2D eigenvalue weighted by molar-refractivity contribution is 7.92. The zero-order valence-corrected chi connectivity index (χ0v) is 17.7. The fourth-order valence-electron chi connectivity index (χ4n) is 3.31. The van der Waals surface area contributed by atoms with Gasteiger partial charge in [0.1, 0.15) is 0 Å². The number of nitrogens with zero attached hydrogens (tertiary/aromatic N) is 1. The number of ether oxygens (including phenoxy) is 2. The molecule has 0 aliphatic carbocycles. The van der Waals surface area contributed by atoms with E-state index in [0.29, 0.717) is 23.6 Å². The molecule has 0 radical (unpaired) electrons. The van der Waals surface area contributed by atoms with Gasteiger partial charge in [-0.1, -0.05) is 25.1 Å². The molecule has 2 aromatic carbocycles. The van der Waals surface area contributed by atoms with Gasteiger partial charge in [-0.2, -0.15) is 0 Å². The summed E-state index contributed by atoms with van der Waals surface area (Å²) in [7, 11) is -3.50. The highest BCUT2D eigenvalue weighted by Gasteiger charge is 2.21. The number of aryl methyl sites for hydroxylation is 2. The zero-order valence-electron chi connectivity index (χ0n) is 16.9. The van der Waals surface area contributed by atoms with Crippen molar-refractivity contribution in [2.24, 2.45) is 0 Å². The molecule has 1 heterocycles. The van der Waals surface area contributed by atoms with E-state index in [2.05, 4.69) is 5.32 Å². The first-order valence-corrected chi connectivity index (χ1v) is 11.4. The summed E-state index contributed by atoms with van der Waals surface area (Å²) >= 11 is 0. The van der Waals surface area contributed by atoms with Crippen molar-refractivity contribution in [1.29, 1.82) is 0 Å². The number of rotatable bonds is 8. The summed E-state index contributed by atoms with van der Waals surface area (Å²) in [6, 6.07) is 10.9. The lowest BCUT2D eigenvalue weighted by Crippen LogP contribution is -2.31. The Bertz CT molecular complexity index is 1000. The largest absolute Gasteiger partial charge is 0.454 e. The van der Waals surface area contributed by atoms with Crippen LogP contribution in [-0.4, -0.2) is 33.9 Å². The zero-order chi connectivity index (χ0) is 21.0. The molecule has 1 aliphatic heterocycles. The molecule has 7 nitrogen and oxygen atoms in total. The number of para-hydroxylation sites is 1. The molecule has 0 spiro atoms. The van der Waals surface area contributed by atoms with Crippen LogP contribution in [0, 0.1) is 6.92 Å². The Hall–Kier alpha value is -2.74. The van der Waals surface area contributed by atoms with Crippen molar-refractivity contribution in [3.05, 3.63) is 47.5 Å². The second-order valence-electron chi connectivity index (χ2n) is 6.99. The molecule has 0 atom stereocenters. The summed E-state index contributed by atoms with van der Waals surface area (Å²) in [6.07, 6.45) is 2.58. The summed E-state index contributed by atoms with van der Waals surface area (Å²) in [4.78, 5) is 12.4. The average molecular weight is 419 g/mol. The minimum absolute atomic E-state index is 0.122. The van der Waals surface area contributed by atoms with Crippen LogP contribution in [0.3, 0.4) is 0 Å². The fourth-order valence-corrected chi connectivity index (χ4v) is 4.27. The number of sulfonamides is 1. The van der Waals surface area contributed by atoms with Gasteiger partial charge in [0.2, 0.25) is 22.7 Å². The number of nitrogens with one attached hydrogen (secondary N) is 1. The van der Waals surface area contributed by atoms with Crippen LogP contribution in [0.4, 0.5) is 11.4 Å². The highest BCUT2D eigenvalue weighted by atomic mass is 32.2. The topological polar surface area (TPSA) is 84.9 Å². The number of hydrogen-bond donors (Lipinski definition) is 1. The summed E-state index contributed by atoms with van der Waals surface area (Å²) in [5, 5.41) is 2.97. The molecule has 0 unspecified atom stereocenters. The molecule has 1 amide bonds. The van der Waals surface area contributed by atoms with Gasteiger partial charge in [-0.15, -0.1) is 0 Å². The average Bonchev–Trinajstić information content (AvgIpc) is 3.13. The van der Waals surface area contributed by atoms with Crippen molar-refractivity contribution in [3.8, 4) is 11.5 Å². The summed E-state index contributed by atoms with van der Waals surface area (Å²) in [6.45, 7) is 4.32. The van der Waals surface area contributed by atoms with Gasteiger partial charge in [0.15, 0.2) is 11.5 Å². The Labute approximate surface area is 171 Å². The molecular weight excluding hydrogens is 392 g/mol. The van der Waals surface area contributed by atoms with Crippen molar-refractivity contribution in [2.45, 2.75) is 33.1 Å². The number of amides is 1. The van der Waals surface area contributed by atoms with E-state index >= 15 is 0 Å². The Kier molecular flexibility index (Phi) is 6.32. The molecule has 0 saturated carbocycles. The second kappa shape index (κ2) is 8.73. The maximum atomic E-state index is 12.4. The summed E-state index contributed by atoms with van der Waals surface area (Å²) in [5.41, 5.74) is 3.42. The first-order valence-electron chi connectivity index (χ1n) is 9.55. The number of benzene rings is 2. The van der Waals surface area contributed by atoms with Gasteiger partial charge < -0.3 is 14.8 Å². The third-order valence-electron chi connectivity index (χ3n) is 4.81. The third-order valence-corrected chi connectivity index (χ3v) is 6.01. The number of hydrogen-bond acceptors (Lipinski definition) is 5. The van der Waals surface area contributed by atoms with E-state index in [-0.39, 0.29) is 25.7 Å². The summed E-state index contributed by atoms with van der Waals surface area (Å²) in [5.74, 6) is 0.972. The van der Waals surface area contributed by atoms with Gasteiger partial charge in [0.05, 0.1) is 11.9 Å². The van der Waals surface area contributed by atoms with Crippen LogP contribution < -0.4 is 19.1 Å². The van der Waals surface area contributed by atoms with Crippen molar-refractivity contribution in [2.75, 3.05) is 29.2 Å². The third kappa shape index (κ3) is 5.00. The Morgan fingerprint density at radius 2 is 1.93 bits per heavy atom. The molecule has 1 N–H and O–H groups in total. The standard InChI is InChI=1S/C21H26N2O5S/c1-4-16-8-5-7-15(2)21(16)22-20(24)9-6-12-23(29(3,25)26)17-10-11-18-19(13-17)28-14-27-18/h5,7-8,10-11,13H,4,6,9,12,14H2,1-3H3,(H,22,24). The van der Waals surface area contributed by atoms with Crippen LogP contribution in [-0.2, 0) is 21.2 Å². The molecule has 156 valence electrons. The van der Waals surface area contributed by atoms with E-state index in [1.165, 1.54) is 4.31 Å². The fraction of sp³-hybridized carbons (Fsp3) is 0.381. The number of carbonyl (C=O) groups is 1. The van der Waals surface area contributed by atoms with E-state index < -0.39 is 10.0 Å². The van der Waals surface area contributed by atoms with Crippen LogP contribution >= 0.6 is 0 Å². The molecule has 29 heavy (non-hydrogen) atoms. The highest BCUT2D eigenvalue weighted by Crippen LogP contribution is 2.36. The van der Waals surface area contributed by atoms with Gasteiger partial charge in [-0.05, 0) is 43.0 Å². The van der Waals surface area contributed by atoms with Crippen molar-refractivity contribution < 1.29 is 22.7 Å². The van der Waals surface area contributed by atoms with E-state index in [1.807, 2.05) is 32.0 Å². The molecule has 1 aliphatic rings. The van der Waals surface area contributed by atoms with Crippen molar-refractivity contribution in [1.82, 2.24) is 0 Å². The van der Waals surface area contributed by atoms with Crippen LogP contribution in [0.5, 0.6) is 11.5 Å². The van der Waals surface area contributed by atoms with E-state index in [9.17, 15) is 13.2 Å². The lowest BCUT2D eigenvalue weighted by atomic mass is 10.1. The molecule has 8 heteroatoms. The predicted octanol–water partition coefficient (Wildman–Crippen LogP) is 3.47. The molecule has 0 saturated heterocycles. The van der Waals surface area contributed by atoms with Crippen LogP contribution in [0.1, 0.15) is 30.9 Å². The number of fused-ring (bicyclic) bond motifs is 1.